The van der Waals surface area contributed by atoms with E-state index in [9.17, 15) is 8.78 Å². The van der Waals surface area contributed by atoms with Crippen LogP contribution in [0, 0.1) is 17.7 Å². The number of pyridine rings is 1. The van der Waals surface area contributed by atoms with Crippen molar-refractivity contribution < 1.29 is 8.78 Å². The summed E-state index contributed by atoms with van der Waals surface area (Å²) >= 11 is 6.02. The molecule has 0 aliphatic heterocycles. The van der Waals surface area contributed by atoms with Crippen LogP contribution in [0.25, 0.3) is 22.2 Å². The number of nitrogens with zero attached hydrogens (tertiary/aromatic N) is 1. The number of nitrogens with one attached hydrogen (secondary N) is 1. The van der Waals surface area contributed by atoms with Gasteiger partial charge in [0.1, 0.15) is 11.5 Å². The molecular formula is C13H7ClF2N3. The molecule has 2 heterocycles. The molecule has 0 fully saturated rings. The lowest BCUT2D eigenvalue weighted by Crippen LogP contribution is -1.98. The van der Waals surface area contributed by atoms with Gasteiger partial charge in [0, 0.05) is 29.4 Å². The van der Waals surface area contributed by atoms with Crippen molar-refractivity contribution in [3.05, 3.63) is 47.2 Å². The summed E-state index contributed by atoms with van der Waals surface area (Å²) in [5, 5.41) is 0.544. The molecule has 1 radical (unpaired) electrons. The first-order valence-electron chi connectivity index (χ1n) is 5.36. The molecule has 3 aromatic rings. The summed E-state index contributed by atoms with van der Waals surface area (Å²) < 4.78 is 28.0. The first-order valence-corrected chi connectivity index (χ1v) is 5.74. The Labute approximate surface area is 112 Å². The van der Waals surface area contributed by atoms with Crippen LogP contribution in [-0.2, 0) is 0 Å². The van der Waals surface area contributed by atoms with E-state index in [1.807, 2.05) is 0 Å². The number of hydrogen-bond acceptors (Lipinski definition) is 2. The number of anilines is 1. The van der Waals surface area contributed by atoms with E-state index >= 15 is 0 Å². The third-order valence-corrected chi connectivity index (χ3v) is 3.12. The maximum atomic E-state index is 14.1. The highest BCUT2D eigenvalue weighted by Crippen LogP contribution is 2.38. The van der Waals surface area contributed by atoms with Gasteiger partial charge in [-0.1, -0.05) is 11.6 Å². The molecule has 95 valence electrons. The average molecular weight is 279 g/mol. The first kappa shape index (κ1) is 11.9. The number of benzene rings is 1. The molecule has 0 aliphatic carbocycles. The van der Waals surface area contributed by atoms with Gasteiger partial charge in [-0.05, 0) is 12.1 Å². The van der Waals surface area contributed by atoms with Gasteiger partial charge in [0.05, 0.1) is 16.3 Å². The zero-order chi connectivity index (χ0) is 13.6. The molecule has 3 nitrogen and oxygen atoms in total. The Morgan fingerprint density at radius 2 is 2.05 bits per heavy atom. The number of hydrogen-bond donors (Lipinski definition) is 2. The van der Waals surface area contributed by atoms with Gasteiger partial charge >= 0.3 is 0 Å². The normalized spacial score (nSPS) is 11.1. The molecule has 0 bridgehead atoms. The Morgan fingerprint density at radius 3 is 2.84 bits per heavy atom. The van der Waals surface area contributed by atoms with E-state index in [4.69, 9.17) is 17.3 Å². The largest absolute Gasteiger partial charge is 0.396 e. The fourth-order valence-electron chi connectivity index (χ4n) is 1.96. The van der Waals surface area contributed by atoms with Crippen molar-refractivity contribution in [2.75, 3.05) is 5.73 Å². The van der Waals surface area contributed by atoms with Gasteiger partial charge in [-0.3, -0.25) is 0 Å². The molecule has 0 saturated heterocycles. The van der Waals surface area contributed by atoms with Crippen LogP contribution in [0.5, 0.6) is 0 Å². The van der Waals surface area contributed by atoms with Gasteiger partial charge in [-0.2, -0.15) is 0 Å². The fourth-order valence-corrected chi connectivity index (χ4v) is 2.19. The third-order valence-electron chi connectivity index (χ3n) is 2.83. The number of rotatable bonds is 1. The fraction of sp³-hybridized carbons (Fsp3) is 0. The van der Waals surface area contributed by atoms with Gasteiger partial charge in [0.15, 0.2) is 5.82 Å². The summed E-state index contributed by atoms with van der Waals surface area (Å²) in [6.45, 7) is 0. The molecule has 19 heavy (non-hydrogen) atoms. The van der Waals surface area contributed by atoms with Crippen LogP contribution in [0.2, 0.25) is 5.02 Å². The minimum Gasteiger partial charge on any atom is -0.396 e. The van der Waals surface area contributed by atoms with Crippen LogP contribution in [-0.4, -0.2) is 9.97 Å². The van der Waals surface area contributed by atoms with Crippen molar-refractivity contribution in [2.45, 2.75) is 0 Å². The number of aromatic amines is 1. The number of nitrogen functional groups attached to an aromatic ring is 1. The highest BCUT2D eigenvalue weighted by atomic mass is 35.5. The molecule has 1 aromatic carbocycles. The second-order valence-electron chi connectivity index (χ2n) is 3.96. The quantitative estimate of drug-likeness (QED) is 0.669. The Hall–Kier alpha value is -2.14. The Bertz CT molecular complexity index is 783. The third kappa shape index (κ3) is 1.74. The van der Waals surface area contributed by atoms with Gasteiger partial charge < -0.3 is 10.7 Å². The van der Waals surface area contributed by atoms with Crippen LogP contribution in [0.3, 0.4) is 0 Å². The van der Waals surface area contributed by atoms with Gasteiger partial charge in [0.2, 0.25) is 0 Å². The highest BCUT2D eigenvalue weighted by molar-refractivity contribution is 6.34. The smallest absolute Gasteiger partial charge is 0.156 e. The van der Waals surface area contributed by atoms with Gasteiger partial charge in [-0.15, -0.1) is 0 Å². The highest BCUT2D eigenvalue weighted by Gasteiger charge is 2.20. The monoisotopic (exact) mass is 278 g/mol. The molecule has 6 heteroatoms. The van der Waals surface area contributed by atoms with Crippen molar-refractivity contribution in [1.29, 1.82) is 0 Å². The zero-order valence-electron chi connectivity index (χ0n) is 9.47. The van der Waals surface area contributed by atoms with E-state index in [0.717, 1.165) is 6.07 Å². The predicted octanol–water partition coefficient (Wildman–Crippen LogP) is 3.54. The lowest BCUT2D eigenvalue weighted by atomic mass is 10.0. The molecule has 0 unspecified atom stereocenters. The van der Waals surface area contributed by atoms with Crippen molar-refractivity contribution in [3.8, 4) is 11.1 Å². The molecule has 2 aromatic heterocycles. The van der Waals surface area contributed by atoms with Crippen molar-refractivity contribution in [2.24, 2.45) is 0 Å². The second kappa shape index (κ2) is 4.20. The van der Waals surface area contributed by atoms with Crippen molar-refractivity contribution in [1.82, 2.24) is 9.97 Å². The Kier molecular flexibility index (Phi) is 2.64. The van der Waals surface area contributed by atoms with Crippen LogP contribution < -0.4 is 5.73 Å². The number of nitrogens with two attached hydrogens (primary N) is 1. The maximum Gasteiger partial charge on any atom is 0.156 e. The Morgan fingerprint density at radius 1 is 1.26 bits per heavy atom. The molecule has 0 amide bonds. The number of H-pyrrole nitrogens is 1. The van der Waals surface area contributed by atoms with E-state index in [-0.39, 0.29) is 21.8 Å². The van der Waals surface area contributed by atoms with Crippen molar-refractivity contribution in [3.63, 3.8) is 0 Å². The molecule has 0 saturated carbocycles. The summed E-state index contributed by atoms with van der Waals surface area (Å²) in [5.41, 5.74) is 5.70. The zero-order valence-corrected chi connectivity index (χ0v) is 10.2. The minimum absolute atomic E-state index is 0.131. The van der Waals surface area contributed by atoms with Crippen LogP contribution in [0.4, 0.5) is 14.5 Å². The van der Waals surface area contributed by atoms with E-state index in [0.29, 0.717) is 11.0 Å². The molecule has 0 aliphatic rings. The summed E-state index contributed by atoms with van der Waals surface area (Å²) in [6, 6.07) is 5.09. The topological polar surface area (TPSA) is 54.7 Å². The average Bonchev–Trinajstić information content (AvgIpc) is 2.85. The Balaban J connectivity index is 2.46. The van der Waals surface area contributed by atoms with Crippen LogP contribution >= 0.6 is 11.6 Å². The molecule has 0 spiro atoms. The maximum absolute atomic E-state index is 14.1. The molecular weight excluding hydrogens is 272 g/mol. The summed E-state index contributed by atoms with van der Waals surface area (Å²) in [4.78, 5) is 6.82. The SMILES string of the molecule is Nc1ccc(F)c(-c2c(Cl)cnc3[nH]c[c]c23)c1F. The first-order chi connectivity index (χ1) is 9.09. The minimum atomic E-state index is -0.844. The van der Waals surface area contributed by atoms with Crippen molar-refractivity contribution >= 4 is 28.3 Å². The molecule has 3 N–H and O–H groups in total. The van der Waals surface area contributed by atoms with Gasteiger partial charge in [0.25, 0.3) is 0 Å². The summed E-state index contributed by atoms with van der Waals surface area (Å²) in [5.74, 6) is -1.58. The van der Waals surface area contributed by atoms with E-state index < -0.39 is 11.6 Å². The number of aromatic nitrogens is 2. The van der Waals surface area contributed by atoms with Gasteiger partial charge in [-0.25, -0.2) is 13.8 Å². The van der Waals surface area contributed by atoms with E-state index in [1.54, 1.807) is 0 Å². The molecule has 3 rings (SSSR count). The number of fused-ring (bicyclic) bond motifs is 1. The lowest BCUT2D eigenvalue weighted by Gasteiger charge is -2.10. The standard InChI is InChI=1S/C13H7ClF2N3/c14-7-5-19-13-6(3-4-18-13)10(7)11-8(15)1-2-9(17)12(11)16/h1-2,4-5H,17H2,(H,18,19). The van der Waals surface area contributed by atoms with Crippen LogP contribution in [0.1, 0.15) is 0 Å². The lowest BCUT2D eigenvalue weighted by molar-refractivity contribution is 0.593. The molecule has 0 atom stereocenters. The number of halogens is 3. The summed E-state index contributed by atoms with van der Waals surface area (Å²) in [7, 11) is 0. The summed E-state index contributed by atoms with van der Waals surface area (Å²) in [6.07, 6.45) is 2.82. The predicted molar refractivity (Wildman–Crippen MR) is 69.7 cm³/mol. The second-order valence-corrected chi connectivity index (χ2v) is 4.37. The van der Waals surface area contributed by atoms with E-state index in [1.165, 1.54) is 18.5 Å². The van der Waals surface area contributed by atoms with Crippen LogP contribution in [0.15, 0.2) is 24.5 Å². The van der Waals surface area contributed by atoms with E-state index in [2.05, 4.69) is 16.0 Å².